The third-order valence-electron chi connectivity index (χ3n) is 8.04. The Morgan fingerprint density at radius 3 is 1.44 bits per heavy atom. The van der Waals surface area contributed by atoms with E-state index in [-0.39, 0.29) is 25.7 Å². The van der Waals surface area contributed by atoms with E-state index in [0.29, 0.717) is 12.8 Å². The van der Waals surface area contributed by atoms with Crippen LogP contribution in [0.2, 0.25) is 0 Å². The zero-order valence-electron chi connectivity index (χ0n) is 29.1. The molecular formula is C35H70NO8P. The molecule has 0 aromatic rings. The van der Waals surface area contributed by atoms with Gasteiger partial charge in [0.2, 0.25) is 5.91 Å². The zero-order valence-corrected chi connectivity index (χ0v) is 30.0. The first-order chi connectivity index (χ1) is 21.8. The van der Waals surface area contributed by atoms with Crippen molar-refractivity contribution in [3.8, 4) is 0 Å². The second-order valence-electron chi connectivity index (χ2n) is 12.6. The summed E-state index contributed by atoms with van der Waals surface area (Å²) in [5.74, 6) is -0.515. The molecule has 0 heterocycles. The number of amides is 1. The number of aliphatic hydroxyl groups excluding tert-OH is 1. The van der Waals surface area contributed by atoms with Crippen molar-refractivity contribution in [1.82, 2.24) is 5.32 Å². The van der Waals surface area contributed by atoms with Crippen molar-refractivity contribution in [3.63, 3.8) is 0 Å². The third kappa shape index (κ3) is 34.2. The first kappa shape index (κ1) is 44.0. The SMILES string of the molecule is CCCCCCCCCCCCCCCCCCCC(=O)OCC(O)COP(=O)(O)OCCNC(=O)CCCCCCCCC. The van der Waals surface area contributed by atoms with Crippen LogP contribution in [0, 0.1) is 0 Å². The first-order valence-electron chi connectivity index (χ1n) is 18.5. The lowest BCUT2D eigenvalue weighted by Gasteiger charge is -2.15. The average Bonchev–Trinajstić information content (AvgIpc) is 3.02. The van der Waals surface area contributed by atoms with Crippen LogP contribution in [0.4, 0.5) is 0 Å². The quantitative estimate of drug-likeness (QED) is 0.0347. The Labute approximate surface area is 275 Å². The molecule has 1 amide bonds. The van der Waals surface area contributed by atoms with Gasteiger partial charge >= 0.3 is 13.8 Å². The zero-order chi connectivity index (χ0) is 33.3. The first-order valence-corrected chi connectivity index (χ1v) is 20.0. The van der Waals surface area contributed by atoms with Gasteiger partial charge in [-0.1, -0.05) is 155 Å². The van der Waals surface area contributed by atoms with Crippen LogP contribution in [0.1, 0.15) is 181 Å². The minimum atomic E-state index is -4.39. The fourth-order valence-electron chi connectivity index (χ4n) is 5.20. The number of rotatable bonds is 35. The predicted molar refractivity (Wildman–Crippen MR) is 183 cm³/mol. The number of hydrogen-bond donors (Lipinski definition) is 3. The number of phosphoric ester groups is 1. The molecule has 2 atom stereocenters. The molecule has 2 unspecified atom stereocenters. The van der Waals surface area contributed by atoms with Crippen molar-refractivity contribution >= 4 is 19.7 Å². The summed E-state index contributed by atoms with van der Waals surface area (Å²) >= 11 is 0. The minimum Gasteiger partial charge on any atom is -0.463 e. The highest BCUT2D eigenvalue weighted by atomic mass is 31.2. The van der Waals surface area contributed by atoms with Crippen molar-refractivity contribution < 1.29 is 37.9 Å². The Bertz CT molecular complexity index is 724. The van der Waals surface area contributed by atoms with Gasteiger partial charge < -0.3 is 20.1 Å². The second kappa shape index (κ2) is 32.9. The summed E-state index contributed by atoms with van der Waals surface area (Å²) in [6.07, 6.45) is 29.1. The molecule has 0 spiro atoms. The van der Waals surface area contributed by atoms with E-state index in [4.69, 9.17) is 13.8 Å². The number of hydrogen-bond acceptors (Lipinski definition) is 7. The molecule has 0 rings (SSSR count). The van der Waals surface area contributed by atoms with Gasteiger partial charge in [-0.05, 0) is 12.8 Å². The van der Waals surface area contributed by atoms with E-state index >= 15 is 0 Å². The van der Waals surface area contributed by atoms with Gasteiger partial charge in [-0.3, -0.25) is 18.6 Å². The molecule has 0 bridgehead atoms. The number of phosphoric acid groups is 1. The molecule has 45 heavy (non-hydrogen) atoms. The largest absolute Gasteiger partial charge is 0.472 e. The Balaban J connectivity index is 3.57. The van der Waals surface area contributed by atoms with Crippen molar-refractivity contribution in [2.45, 2.75) is 187 Å². The Morgan fingerprint density at radius 1 is 0.600 bits per heavy atom. The highest BCUT2D eigenvalue weighted by Gasteiger charge is 2.23. The van der Waals surface area contributed by atoms with Crippen LogP contribution in [-0.4, -0.2) is 54.3 Å². The Morgan fingerprint density at radius 2 is 1.00 bits per heavy atom. The van der Waals surface area contributed by atoms with Gasteiger partial charge in [0, 0.05) is 19.4 Å². The van der Waals surface area contributed by atoms with Gasteiger partial charge in [0.15, 0.2) is 0 Å². The van der Waals surface area contributed by atoms with E-state index in [1.165, 1.54) is 116 Å². The van der Waals surface area contributed by atoms with E-state index in [1.54, 1.807) is 0 Å². The maximum atomic E-state index is 12.0. The second-order valence-corrected chi connectivity index (χ2v) is 14.0. The van der Waals surface area contributed by atoms with Crippen LogP contribution in [0.3, 0.4) is 0 Å². The molecule has 0 aliphatic carbocycles. The molecule has 268 valence electrons. The van der Waals surface area contributed by atoms with Crippen molar-refractivity contribution in [1.29, 1.82) is 0 Å². The normalized spacial score (nSPS) is 13.4. The lowest BCUT2D eigenvalue weighted by molar-refractivity contribution is -0.147. The highest BCUT2D eigenvalue weighted by Crippen LogP contribution is 2.42. The monoisotopic (exact) mass is 663 g/mol. The van der Waals surface area contributed by atoms with Crippen LogP contribution in [-0.2, 0) is 27.9 Å². The maximum absolute atomic E-state index is 12.0. The molecular weight excluding hydrogens is 593 g/mol. The number of nitrogens with one attached hydrogen (secondary N) is 1. The topological polar surface area (TPSA) is 131 Å². The molecule has 0 fully saturated rings. The molecule has 0 saturated heterocycles. The molecule has 0 aromatic heterocycles. The van der Waals surface area contributed by atoms with E-state index in [0.717, 1.165) is 38.5 Å². The van der Waals surface area contributed by atoms with Gasteiger partial charge in [-0.25, -0.2) is 4.57 Å². The number of esters is 1. The number of ether oxygens (including phenoxy) is 1. The van der Waals surface area contributed by atoms with Crippen LogP contribution in [0.15, 0.2) is 0 Å². The highest BCUT2D eigenvalue weighted by molar-refractivity contribution is 7.47. The molecule has 9 nitrogen and oxygen atoms in total. The lowest BCUT2D eigenvalue weighted by Crippen LogP contribution is -2.27. The van der Waals surface area contributed by atoms with Gasteiger partial charge in [-0.15, -0.1) is 0 Å². The maximum Gasteiger partial charge on any atom is 0.472 e. The Hall–Kier alpha value is -0.990. The van der Waals surface area contributed by atoms with Gasteiger partial charge in [0.1, 0.15) is 12.7 Å². The van der Waals surface area contributed by atoms with E-state index in [9.17, 15) is 24.2 Å². The molecule has 0 radical (unpaired) electrons. The van der Waals surface area contributed by atoms with E-state index in [2.05, 4.69) is 19.2 Å². The van der Waals surface area contributed by atoms with Crippen LogP contribution >= 0.6 is 7.82 Å². The van der Waals surface area contributed by atoms with E-state index in [1.807, 2.05) is 0 Å². The number of aliphatic hydroxyl groups is 1. The fraction of sp³-hybridized carbons (Fsp3) is 0.943. The summed E-state index contributed by atoms with van der Waals surface area (Å²) in [6.45, 7) is 3.52. The van der Waals surface area contributed by atoms with E-state index < -0.39 is 26.5 Å². The fourth-order valence-corrected chi connectivity index (χ4v) is 5.96. The number of carbonyl (C=O) groups excluding carboxylic acids is 2. The summed E-state index contributed by atoms with van der Waals surface area (Å²) in [5, 5.41) is 12.6. The van der Waals surface area contributed by atoms with Gasteiger partial charge in [0.05, 0.1) is 13.2 Å². The molecule has 0 aliphatic rings. The van der Waals surface area contributed by atoms with Crippen molar-refractivity contribution in [2.24, 2.45) is 0 Å². The summed E-state index contributed by atoms with van der Waals surface area (Å²) in [6, 6.07) is 0. The summed E-state index contributed by atoms with van der Waals surface area (Å²) in [7, 11) is -4.39. The Kier molecular flexibility index (Phi) is 32.2. The van der Waals surface area contributed by atoms with Crippen molar-refractivity contribution in [2.75, 3.05) is 26.4 Å². The lowest BCUT2D eigenvalue weighted by atomic mass is 10.0. The van der Waals surface area contributed by atoms with Crippen LogP contribution in [0.25, 0.3) is 0 Å². The van der Waals surface area contributed by atoms with Crippen LogP contribution in [0.5, 0.6) is 0 Å². The molecule has 3 N–H and O–H groups in total. The van der Waals surface area contributed by atoms with Crippen LogP contribution < -0.4 is 5.32 Å². The summed E-state index contributed by atoms with van der Waals surface area (Å²) in [4.78, 5) is 33.6. The average molecular weight is 664 g/mol. The predicted octanol–water partition coefficient (Wildman–Crippen LogP) is 9.32. The number of carbonyl (C=O) groups is 2. The standard InChI is InChI=1S/C35H70NO8P/c1-3-5-7-9-11-12-13-14-15-16-17-18-19-20-22-24-26-28-35(39)42-31-33(37)32-44-45(40,41)43-30-29-36-34(38)27-25-23-21-10-8-6-4-2/h33,37H,3-32H2,1-2H3,(H,36,38)(H,40,41). The minimum absolute atomic E-state index is 0.0861. The third-order valence-corrected chi connectivity index (χ3v) is 9.02. The molecule has 0 saturated carbocycles. The molecule has 10 heteroatoms. The van der Waals surface area contributed by atoms with Gasteiger partial charge in [-0.2, -0.15) is 0 Å². The number of unbranched alkanes of at least 4 members (excludes halogenated alkanes) is 22. The summed E-state index contributed by atoms with van der Waals surface area (Å²) in [5.41, 5.74) is 0. The van der Waals surface area contributed by atoms with Crippen molar-refractivity contribution in [3.05, 3.63) is 0 Å². The van der Waals surface area contributed by atoms with Gasteiger partial charge in [0.25, 0.3) is 0 Å². The smallest absolute Gasteiger partial charge is 0.463 e. The molecule has 0 aromatic carbocycles. The summed E-state index contributed by atoms with van der Waals surface area (Å²) < 4.78 is 26.7. The molecule has 0 aliphatic heterocycles.